The maximum Gasteiger partial charge on any atom is 0.0240 e. The molecule has 0 bridgehead atoms. The van der Waals surface area contributed by atoms with Gasteiger partial charge in [-0.3, -0.25) is 0 Å². The average Bonchev–Trinajstić information content (AvgIpc) is 2.73. The van der Waals surface area contributed by atoms with Crippen molar-refractivity contribution in [3.8, 4) is 0 Å². The zero-order chi connectivity index (χ0) is 9.64. The molecule has 0 aliphatic heterocycles. The van der Waals surface area contributed by atoms with E-state index >= 15 is 0 Å². The first-order valence-electron chi connectivity index (χ1n) is 5.16. The van der Waals surface area contributed by atoms with Gasteiger partial charge in [0.2, 0.25) is 0 Å². The number of hydrogen-bond donors (Lipinski definition) is 0. The molecule has 0 atom stereocenters. The highest BCUT2D eigenvalue weighted by atomic mass is 14.9. The van der Waals surface area contributed by atoms with Gasteiger partial charge in [-0.15, -0.1) is 0 Å². The van der Waals surface area contributed by atoms with Crippen LogP contribution in [0.2, 0.25) is 0 Å². The molecule has 0 saturated heterocycles. The lowest BCUT2D eigenvalue weighted by Gasteiger charge is -2.20. The lowest BCUT2D eigenvalue weighted by molar-refractivity contribution is 0.578. The van der Waals surface area contributed by atoms with Gasteiger partial charge in [-0.1, -0.05) is 20.8 Å². The molecule has 13 heavy (non-hydrogen) atoms. The molecule has 1 nitrogen and oxygen atoms in total. The van der Waals surface area contributed by atoms with E-state index in [1.807, 2.05) is 0 Å². The molecule has 0 unspecified atom stereocenters. The Labute approximate surface area is 80.8 Å². The molecule has 1 heteroatoms. The molecule has 1 aromatic rings. The van der Waals surface area contributed by atoms with Crippen molar-refractivity contribution in [3.05, 3.63) is 23.5 Å². The summed E-state index contributed by atoms with van der Waals surface area (Å²) in [7, 11) is 2.17. The highest BCUT2D eigenvalue weighted by Crippen LogP contribution is 2.44. The predicted octanol–water partition coefficient (Wildman–Crippen LogP) is 3.20. The molecular weight excluding hydrogens is 158 g/mol. The Kier molecular flexibility index (Phi) is 1.79. The number of aryl methyl sites for hydroxylation is 1. The normalized spacial score (nSPS) is 17.8. The van der Waals surface area contributed by atoms with Crippen LogP contribution in [0.3, 0.4) is 0 Å². The Morgan fingerprint density at radius 1 is 1.31 bits per heavy atom. The minimum absolute atomic E-state index is 0.305. The first-order chi connectivity index (χ1) is 6.00. The average molecular weight is 177 g/mol. The molecule has 1 fully saturated rings. The van der Waals surface area contributed by atoms with Gasteiger partial charge in [-0.2, -0.15) is 0 Å². The Hall–Kier alpha value is -0.720. The fourth-order valence-corrected chi connectivity index (χ4v) is 2.04. The molecular formula is C12H19N. The molecule has 1 aliphatic carbocycles. The van der Waals surface area contributed by atoms with Gasteiger partial charge in [-0.25, -0.2) is 0 Å². The third-order valence-electron chi connectivity index (χ3n) is 2.89. The van der Waals surface area contributed by atoms with E-state index in [1.54, 1.807) is 5.69 Å². The summed E-state index contributed by atoms with van der Waals surface area (Å²) >= 11 is 0. The lowest BCUT2D eigenvalue weighted by atomic mass is 9.86. The molecule has 1 aromatic heterocycles. The second-order valence-electron chi connectivity index (χ2n) is 5.25. The van der Waals surface area contributed by atoms with Crippen LogP contribution in [0.15, 0.2) is 12.3 Å². The van der Waals surface area contributed by atoms with Gasteiger partial charge >= 0.3 is 0 Å². The van der Waals surface area contributed by atoms with Crippen LogP contribution >= 0.6 is 0 Å². The second kappa shape index (κ2) is 2.63. The summed E-state index contributed by atoms with van der Waals surface area (Å²) in [5.41, 5.74) is 3.42. The summed E-state index contributed by atoms with van der Waals surface area (Å²) in [5, 5.41) is 0. The highest BCUT2D eigenvalue weighted by Gasteiger charge is 2.31. The molecule has 0 amide bonds. The molecule has 0 N–H and O–H groups in total. The van der Waals surface area contributed by atoms with Crippen LogP contribution in [0, 0.1) is 0 Å². The largest absolute Gasteiger partial charge is 0.354 e. The summed E-state index contributed by atoms with van der Waals surface area (Å²) in [5.74, 6) is 0.856. The van der Waals surface area contributed by atoms with Gasteiger partial charge in [0.15, 0.2) is 0 Å². The van der Waals surface area contributed by atoms with Crippen molar-refractivity contribution >= 4 is 0 Å². The predicted molar refractivity (Wildman–Crippen MR) is 56.1 cm³/mol. The number of rotatable bonds is 1. The Morgan fingerprint density at radius 3 is 2.38 bits per heavy atom. The van der Waals surface area contributed by atoms with Crippen molar-refractivity contribution in [1.82, 2.24) is 4.57 Å². The summed E-state index contributed by atoms with van der Waals surface area (Å²) < 4.78 is 2.30. The van der Waals surface area contributed by atoms with Crippen molar-refractivity contribution in [3.63, 3.8) is 0 Å². The van der Waals surface area contributed by atoms with Crippen LogP contribution in [0.1, 0.15) is 50.8 Å². The second-order valence-corrected chi connectivity index (χ2v) is 5.25. The Bertz CT molecular complexity index is 310. The van der Waals surface area contributed by atoms with Crippen LogP contribution in [-0.4, -0.2) is 4.57 Å². The first kappa shape index (κ1) is 8.86. The smallest absolute Gasteiger partial charge is 0.0240 e. The van der Waals surface area contributed by atoms with Gasteiger partial charge in [0.25, 0.3) is 0 Å². The zero-order valence-electron chi connectivity index (χ0n) is 9.09. The number of nitrogens with zero attached hydrogens (tertiary/aromatic N) is 1. The van der Waals surface area contributed by atoms with E-state index in [0.29, 0.717) is 5.41 Å². The van der Waals surface area contributed by atoms with E-state index in [9.17, 15) is 0 Å². The van der Waals surface area contributed by atoms with Crippen LogP contribution in [-0.2, 0) is 12.5 Å². The van der Waals surface area contributed by atoms with E-state index < -0.39 is 0 Å². The molecule has 2 rings (SSSR count). The first-order valence-corrected chi connectivity index (χ1v) is 5.16. The standard InChI is InChI=1S/C12H19N/c1-12(2,3)10-7-8-13(4)11(10)9-5-6-9/h7-9H,5-6H2,1-4H3. The topological polar surface area (TPSA) is 4.93 Å². The van der Waals surface area contributed by atoms with Gasteiger partial charge in [0.05, 0.1) is 0 Å². The van der Waals surface area contributed by atoms with Crippen molar-refractivity contribution in [2.45, 2.75) is 44.9 Å². The maximum absolute atomic E-state index is 2.30. The van der Waals surface area contributed by atoms with Crippen molar-refractivity contribution in [2.75, 3.05) is 0 Å². The molecule has 1 saturated carbocycles. The summed E-state index contributed by atoms with van der Waals surface area (Å²) in [6, 6.07) is 2.29. The molecule has 72 valence electrons. The molecule has 0 aromatic carbocycles. The Balaban J connectivity index is 2.45. The van der Waals surface area contributed by atoms with Crippen LogP contribution in [0.5, 0.6) is 0 Å². The summed E-state index contributed by atoms with van der Waals surface area (Å²) in [6.07, 6.45) is 4.98. The lowest BCUT2D eigenvalue weighted by Crippen LogP contribution is -2.13. The monoisotopic (exact) mass is 177 g/mol. The zero-order valence-corrected chi connectivity index (χ0v) is 9.09. The number of hydrogen-bond acceptors (Lipinski definition) is 0. The van der Waals surface area contributed by atoms with Gasteiger partial charge in [-0.05, 0) is 35.8 Å². The van der Waals surface area contributed by atoms with Crippen molar-refractivity contribution in [2.24, 2.45) is 7.05 Å². The van der Waals surface area contributed by atoms with Gasteiger partial charge in [0, 0.05) is 18.9 Å². The van der Waals surface area contributed by atoms with Crippen LogP contribution in [0.25, 0.3) is 0 Å². The van der Waals surface area contributed by atoms with Crippen LogP contribution < -0.4 is 0 Å². The van der Waals surface area contributed by atoms with E-state index in [2.05, 4.69) is 44.6 Å². The van der Waals surface area contributed by atoms with Gasteiger partial charge in [0.1, 0.15) is 0 Å². The van der Waals surface area contributed by atoms with Crippen LogP contribution in [0.4, 0.5) is 0 Å². The van der Waals surface area contributed by atoms with Crippen molar-refractivity contribution < 1.29 is 0 Å². The quantitative estimate of drug-likeness (QED) is 0.621. The fourth-order valence-electron chi connectivity index (χ4n) is 2.04. The van der Waals surface area contributed by atoms with E-state index in [-0.39, 0.29) is 0 Å². The van der Waals surface area contributed by atoms with E-state index in [0.717, 1.165) is 5.92 Å². The molecule has 0 radical (unpaired) electrons. The third-order valence-corrected chi connectivity index (χ3v) is 2.89. The Morgan fingerprint density at radius 2 is 1.92 bits per heavy atom. The molecule has 0 spiro atoms. The summed E-state index contributed by atoms with van der Waals surface area (Å²) in [6.45, 7) is 6.90. The minimum atomic E-state index is 0.305. The summed E-state index contributed by atoms with van der Waals surface area (Å²) in [4.78, 5) is 0. The SMILES string of the molecule is Cn1ccc(C(C)(C)C)c1C1CC1. The van der Waals surface area contributed by atoms with Crippen molar-refractivity contribution in [1.29, 1.82) is 0 Å². The molecule has 1 heterocycles. The third kappa shape index (κ3) is 1.52. The maximum atomic E-state index is 2.30. The van der Waals surface area contributed by atoms with E-state index in [1.165, 1.54) is 18.4 Å². The van der Waals surface area contributed by atoms with E-state index in [4.69, 9.17) is 0 Å². The minimum Gasteiger partial charge on any atom is -0.354 e. The fraction of sp³-hybridized carbons (Fsp3) is 0.667. The number of aromatic nitrogens is 1. The molecule has 1 aliphatic rings. The highest BCUT2D eigenvalue weighted by molar-refractivity contribution is 5.34. The van der Waals surface area contributed by atoms with Gasteiger partial charge < -0.3 is 4.57 Å².